The van der Waals surface area contributed by atoms with Crippen LogP contribution >= 0.6 is 0 Å². The second-order valence-corrected chi connectivity index (χ2v) is 5.32. The van der Waals surface area contributed by atoms with Crippen LogP contribution in [0.4, 0.5) is 8.78 Å². The highest BCUT2D eigenvalue weighted by Crippen LogP contribution is 2.48. The maximum atomic E-state index is 12.9. The minimum absolute atomic E-state index is 0.340. The minimum atomic E-state index is -3.28. The van der Waals surface area contributed by atoms with E-state index >= 15 is 0 Å². The van der Waals surface area contributed by atoms with Crippen LogP contribution in [0.5, 0.6) is 0 Å². The summed E-state index contributed by atoms with van der Waals surface area (Å²) < 4.78 is 30.4. The van der Waals surface area contributed by atoms with Gasteiger partial charge in [0.15, 0.2) is 0 Å². The summed E-state index contributed by atoms with van der Waals surface area (Å²) in [5, 5.41) is 3.16. The molecule has 0 amide bonds. The first-order valence-corrected chi connectivity index (χ1v) is 6.27. The zero-order valence-corrected chi connectivity index (χ0v) is 10.1. The van der Waals surface area contributed by atoms with Gasteiger partial charge in [-0.15, -0.1) is 0 Å². The molecular formula is C12H19F2NO2. The Morgan fingerprint density at radius 3 is 2.65 bits per heavy atom. The van der Waals surface area contributed by atoms with E-state index in [2.05, 4.69) is 17.0 Å². The lowest BCUT2D eigenvalue weighted by Crippen LogP contribution is -2.32. The molecule has 5 heteroatoms. The van der Waals surface area contributed by atoms with Gasteiger partial charge >= 0.3 is 11.9 Å². The van der Waals surface area contributed by atoms with Gasteiger partial charge in [0, 0.05) is 13.1 Å². The summed E-state index contributed by atoms with van der Waals surface area (Å²) in [7, 11) is 0. The normalized spacial score (nSPS) is 29.1. The molecule has 1 saturated heterocycles. The maximum Gasteiger partial charge on any atom is 0.377 e. The molecule has 98 valence electrons. The zero-order chi connectivity index (χ0) is 12.5. The van der Waals surface area contributed by atoms with Crippen molar-refractivity contribution in [3.8, 4) is 0 Å². The number of carbonyl (C=O) groups is 1. The molecule has 17 heavy (non-hydrogen) atoms. The molecule has 1 N–H and O–H groups in total. The summed E-state index contributed by atoms with van der Waals surface area (Å²) in [6.45, 7) is 3.34. The average Bonchev–Trinajstić information content (AvgIpc) is 2.92. The highest BCUT2D eigenvalue weighted by atomic mass is 19.3. The van der Waals surface area contributed by atoms with E-state index in [1.807, 2.05) is 0 Å². The van der Waals surface area contributed by atoms with Gasteiger partial charge in [-0.2, -0.15) is 8.78 Å². The molecule has 2 aliphatic rings. The van der Waals surface area contributed by atoms with Crippen LogP contribution in [-0.2, 0) is 9.53 Å². The lowest BCUT2D eigenvalue weighted by Gasteiger charge is -2.16. The van der Waals surface area contributed by atoms with E-state index in [1.54, 1.807) is 0 Å². The van der Waals surface area contributed by atoms with Crippen LogP contribution in [0.15, 0.2) is 0 Å². The molecule has 0 aromatic rings. The fourth-order valence-corrected chi connectivity index (χ4v) is 2.48. The molecule has 3 nitrogen and oxygen atoms in total. The number of cyclic esters (lactones) is 1. The fourth-order valence-electron chi connectivity index (χ4n) is 2.48. The van der Waals surface area contributed by atoms with Gasteiger partial charge in [0.2, 0.25) is 0 Å². The van der Waals surface area contributed by atoms with Gasteiger partial charge in [-0.25, -0.2) is 4.79 Å². The molecule has 1 unspecified atom stereocenters. The molecule has 1 aliphatic carbocycles. The maximum absolute atomic E-state index is 12.9. The Hall–Kier alpha value is -0.710. The smallest absolute Gasteiger partial charge is 0.377 e. The Balaban J connectivity index is 1.68. The Morgan fingerprint density at radius 1 is 1.47 bits per heavy atom. The van der Waals surface area contributed by atoms with Crippen LogP contribution in [0, 0.1) is 5.41 Å². The molecule has 0 radical (unpaired) electrons. The van der Waals surface area contributed by atoms with Gasteiger partial charge < -0.3 is 10.1 Å². The molecule has 0 bridgehead atoms. The standard InChI is InChI=1S/C12H19F2NO2/c1-2-3-11(4-5-11)8-15-7-9-6-12(13,14)10(16)17-9/h9,15H,2-8H2,1H3. The van der Waals surface area contributed by atoms with E-state index < -0.39 is 24.4 Å². The van der Waals surface area contributed by atoms with Crippen LogP contribution in [0.1, 0.15) is 39.0 Å². The topological polar surface area (TPSA) is 38.3 Å². The third-order valence-corrected chi connectivity index (χ3v) is 3.67. The Labute approximate surface area is 99.9 Å². The molecular weight excluding hydrogens is 228 g/mol. The number of hydrogen-bond donors (Lipinski definition) is 1. The Kier molecular flexibility index (Phi) is 3.39. The van der Waals surface area contributed by atoms with Gasteiger partial charge in [-0.3, -0.25) is 0 Å². The minimum Gasteiger partial charge on any atom is -0.456 e. The van der Waals surface area contributed by atoms with Gasteiger partial charge in [-0.1, -0.05) is 13.3 Å². The first-order valence-electron chi connectivity index (χ1n) is 6.27. The van der Waals surface area contributed by atoms with Crippen molar-refractivity contribution in [2.24, 2.45) is 5.41 Å². The van der Waals surface area contributed by atoms with E-state index in [0.29, 0.717) is 12.0 Å². The lowest BCUT2D eigenvalue weighted by atomic mass is 10.0. The number of carbonyl (C=O) groups excluding carboxylic acids is 1. The summed E-state index contributed by atoms with van der Waals surface area (Å²) in [6, 6.07) is 0. The lowest BCUT2D eigenvalue weighted by molar-refractivity contribution is -0.159. The van der Waals surface area contributed by atoms with Crippen LogP contribution in [-0.4, -0.2) is 31.1 Å². The molecule has 0 aromatic heterocycles. The van der Waals surface area contributed by atoms with Crippen molar-refractivity contribution < 1.29 is 18.3 Å². The summed E-state index contributed by atoms with van der Waals surface area (Å²) in [5.74, 6) is -4.66. The molecule has 1 atom stereocenters. The third-order valence-electron chi connectivity index (χ3n) is 3.67. The van der Waals surface area contributed by atoms with Gasteiger partial charge in [0.05, 0.1) is 6.42 Å². The fraction of sp³-hybridized carbons (Fsp3) is 0.917. The summed E-state index contributed by atoms with van der Waals surface area (Å²) in [6.07, 6.45) is 3.61. The molecule has 2 rings (SSSR count). The Morgan fingerprint density at radius 2 is 2.18 bits per heavy atom. The monoisotopic (exact) mass is 247 g/mol. The van der Waals surface area contributed by atoms with E-state index in [0.717, 1.165) is 13.0 Å². The van der Waals surface area contributed by atoms with Crippen LogP contribution < -0.4 is 5.32 Å². The van der Waals surface area contributed by atoms with Crippen LogP contribution in [0.25, 0.3) is 0 Å². The van der Waals surface area contributed by atoms with Gasteiger partial charge in [-0.05, 0) is 24.7 Å². The Bertz CT molecular complexity index is 303. The van der Waals surface area contributed by atoms with Crippen LogP contribution in [0.2, 0.25) is 0 Å². The van der Waals surface area contributed by atoms with Gasteiger partial charge in [0.25, 0.3) is 0 Å². The first-order chi connectivity index (χ1) is 7.97. The molecule has 2 fully saturated rings. The number of esters is 1. The highest BCUT2D eigenvalue weighted by Gasteiger charge is 2.50. The van der Waals surface area contributed by atoms with E-state index in [1.165, 1.54) is 19.3 Å². The third kappa shape index (κ3) is 2.94. The first kappa shape index (κ1) is 12.7. The van der Waals surface area contributed by atoms with Crippen molar-refractivity contribution in [1.82, 2.24) is 5.32 Å². The summed E-state index contributed by atoms with van der Waals surface area (Å²) in [4.78, 5) is 10.8. The highest BCUT2D eigenvalue weighted by molar-refractivity contribution is 5.79. The van der Waals surface area contributed by atoms with E-state index in [4.69, 9.17) is 0 Å². The van der Waals surface area contributed by atoms with Crippen molar-refractivity contribution >= 4 is 5.97 Å². The number of nitrogens with one attached hydrogen (secondary N) is 1. The van der Waals surface area contributed by atoms with E-state index in [9.17, 15) is 13.6 Å². The predicted octanol–water partition coefficient (Wildman–Crippen LogP) is 2.11. The van der Waals surface area contributed by atoms with E-state index in [-0.39, 0.29) is 0 Å². The van der Waals surface area contributed by atoms with Crippen molar-refractivity contribution in [2.75, 3.05) is 13.1 Å². The molecule has 1 heterocycles. The number of halogens is 2. The van der Waals surface area contributed by atoms with Crippen molar-refractivity contribution in [3.63, 3.8) is 0 Å². The van der Waals surface area contributed by atoms with Gasteiger partial charge in [0.1, 0.15) is 6.10 Å². The number of ether oxygens (including phenoxy) is 1. The van der Waals surface area contributed by atoms with Crippen molar-refractivity contribution in [3.05, 3.63) is 0 Å². The largest absolute Gasteiger partial charge is 0.456 e. The number of alkyl halides is 2. The average molecular weight is 247 g/mol. The quantitative estimate of drug-likeness (QED) is 0.730. The second kappa shape index (κ2) is 4.52. The molecule has 0 aromatic carbocycles. The number of hydrogen-bond acceptors (Lipinski definition) is 3. The summed E-state index contributed by atoms with van der Waals surface area (Å²) >= 11 is 0. The van der Waals surface area contributed by atoms with Crippen molar-refractivity contribution in [1.29, 1.82) is 0 Å². The van der Waals surface area contributed by atoms with Crippen LogP contribution in [0.3, 0.4) is 0 Å². The molecule has 1 saturated carbocycles. The van der Waals surface area contributed by atoms with Crippen molar-refractivity contribution in [2.45, 2.75) is 51.1 Å². The summed E-state index contributed by atoms with van der Waals surface area (Å²) in [5.41, 5.74) is 0.389. The zero-order valence-electron chi connectivity index (χ0n) is 10.1. The SMILES string of the molecule is CCCC1(CNCC2CC(F)(F)C(=O)O2)CC1. The molecule has 0 spiro atoms. The second-order valence-electron chi connectivity index (χ2n) is 5.32. The predicted molar refractivity (Wildman–Crippen MR) is 58.9 cm³/mol. The number of rotatable bonds is 6. The molecule has 1 aliphatic heterocycles.